The Balaban J connectivity index is 2.30. The minimum absolute atomic E-state index is 0.000583. The van der Waals surface area contributed by atoms with Gasteiger partial charge in [-0.15, -0.1) is 0 Å². The molecule has 108 valence electrons. The minimum Gasteiger partial charge on any atom is -0.462 e. The summed E-state index contributed by atoms with van der Waals surface area (Å²) in [5.74, 6) is 0.0561. The Hall–Kier alpha value is -2.31. The van der Waals surface area contributed by atoms with Crippen LogP contribution in [0, 0.1) is 0 Å². The first-order valence-electron chi connectivity index (χ1n) is 6.56. The Labute approximate surface area is 117 Å². The highest BCUT2D eigenvalue weighted by molar-refractivity contribution is 5.96. The van der Waals surface area contributed by atoms with E-state index in [0.717, 1.165) is 0 Å². The maximum atomic E-state index is 12.0. The first kappa shape index (κ1) is 14.1. The smallest absolute Gasteiger partial charge is 0.341 e. The van der Waals surface area contributed by atoms with Crippen LogP contribution in [0.25, 0.3) is 0 Å². The third-order valence-corrected chi connectivity index (χ3v) is 3.00. The van der Waals surface area contributed by atoms with Gasteiger partial charge in [0, 0.05) is 26.1 Å². The molecule has 0 aromatic carbocycles. The normalized spacial score (nSPS) is 15.4. The van der Waals surface area contributed by atoms with E-state index in [4.69, 9.17) is 10.5 Å². The van der Waals surface area contributed by atoms with Crippen LogP contribution in [0.3, 0.4) is 0 Å². The molecule has 0 atom stereocenters. The Morgan fingerprint density at radius 1 is 1.55 bits per heavy atom. The zero-order valence-corrected chi connectivity index (χ0v) is 11.4. The Morgan fingerprint density at radius 2 is 2.35 bits per heavy atom. The number of carbonyl (C=O) groups is 2. The van der Waals surface area contributed by atoms with E-state index in [9.17, 15) is 9.59 Å². The van der Waals surface area contributed by atoms with E-state index in [1.165, 1.54) is 6.20 Å². The summed E-state index contributed by atoms with van der Waals surface area (Å²) >= 11 is 0. The van der Waals surface area contributed by atoms with Gasteiger partial charge in [-0.1, -0.05) is 0 Å². The number of nitrogens with zero attached hydrogens (tertiary/aromatic N) is 2. The summed E-state index contributed by atoms with van der Waals surface area (Å²) in [5.41, 5.74) is 6.43. The van der Waals surface area contributed by atoms with E-state index < -0.39 is 5.97 Å². The molecule has 1 fully saturated rings. The molecule has 1 aromatic heterocycles. The highest BCUT2D eigenvalue weighted by Gasteiger charge is 2.22. The summed E-state index contributed by atoms with van der Waals surface area (Å²) in [4.78, 5) is 29.5. The largest absolute Gasteiger partial charge is 0.462 e. The van der Waals surface area contributed by atoms with Gasteiger partial charge in [0.25, 0.3) is 0 Å². The molecular weight excluding hydrogens is 260 g/mol. The first-order valence-corrected chi connectivity index (χ1v) is 6.56. The fourth-order valence-corrected chi connectivity index (χ4v) is 2.06. The quantitative estimate of drug-likeness (QED) is 0.765. The van der Waals surface area contributed by atoms with Crippen molar-refractivity contribution in [3.8, 4) is 0 Å². The van der Waals surface area contributed by atoms with Crippen LogP contribution < -0.4 is 16.0 Å². The van der Waals surface area contributed by atoms with Gasteiger partial charge in [0.15, 0.2) is 0 Å². The number of rotatable bonds is 3. The third-order valence-electron chi connectivity index (χ3n) is 3.00. The van der Waals surface area contributed by atoms with Crippen LogP contribution in [0.2, 0.25) is 0 Å². The molecule has 0 saturated carbocycles. The van der Waals surface area contributed by atoms with Crippen molar-refractivity contribution in [2.75, 3.05) is 36.9 Å². The zero-order valence-electron chi connectivity index (χ0n) is 11.4. The van der Waals surface area contributed by atoms with Crippen LogP contribution in [-0.2, 0) is 9.53 Å². The summed E-state index contributed by atoms with van der Waals surface area (Å²) in [7, 11) is 0. The van der Waals surface area contributed by atoms with E-state index in [-0.39, 0.29) is 12.5 Å². The lowest BCUT2D eigenvalue weighted by molar-refractivity contribution is -0.120. The van der Waals surface area contributed by atoms with Gasteiger partial charge in [0.05, 0.1) is 18.5 Å². The number of carbonyl (C=O) groups excluding carboxylic acids is 2. The lowest BCUT2D eigenvalue weighted by atomic mass is 10.2. The minimum atomic E-state index is -0.453. The second-order valence-electron chi connectivity index (χ2n) is 4.45. The number of pyridine rings is 1. The number of hydrogen-bond acceptors (Lipinski definition) is 6. The zero-order chi connectivity index (χ0) is 14.5. The van der Waals surface area contributed by atoms with Gasteiger partial charge in [-0.3, -0.25) is 4.79 Å². The first-order chi connectivity index (χ1) is 9.61. The summed E-state index contributed by atoms with van der Waals surface area (Å²) in [6.45, 7) is 3.65. The van der Waals surface area contributed by atoms with Gasteiger partial charge in [-0.2, -0.15) is 0 Å². The average Bonchev–Trinajstić information content (AvgIpc) is 2.64. The van der Waals surface area contributed by atoms with Crippen molar-refractivity contribution in [3.63, 3.8) is 0 Å². The Morgan fingerprint density at radius 3 is 3.10 bits per heavy atom. The number of nitrogens with one attached hydrogen (secondary N) is 1. The van der Waals surface area contributed by atoms with Crippen molar-refractivity contribution in [2.45, 2.75) is 13.3 Å². The van der Waals surface area contributed by atoms with Gasteiger partial charge in [-0.05, 0) is 13.0 Å². The van der Waals surface area contributed by atoms with Gasteiger partial charge in [0.2, 0.25) is 5.91 Å². The number of hydrogen-bond donors (Lipinski definition) is 2. The second-order valence-corrected chi connectivity index (χ2v) is 4.45. The molecule has 3 N–H and O–H groups in total. The number of ether oxygens (including phenoxy) is 1. The number of nitrogen functional groups attached to an aromatic ring is 1. The Bertz CT molecular complexity index is 518. The van der Waals surface area contributed by atoms with E-state index in [1.54, 1.807) is 13.0 Å². The van der Waals surface area contributed by atoms with Crippen LogP contribution >= 0.6 is 0 Å². The van der Waals surface area contributed by atoms with Crippen molar-refractivity contribution in [2.24, 2.45) is 0 Å². The van der Waals surface area contributed by atoms with E-state index in [1.807, 2.05) is 4.90 Å². The molecule has 1 aliphatic heterocycles. The van der Waals surface area contributed by atoms with Crippen molar-refractivity contribution in [3.05, 3.63) is 17.8 Å². The number of esters is 1. The molecule has 0 radical (unpaired) electrons. The number of nitrogens with two attached hydrogens (primary N) is 1. The van der Waals surface area contributed by atoms with Gasteiger partial charge >= 0.3 is 5.97 Å². The molecule has 1 aliphatic rings. The number of amides is 1. The monoisotopic (exact) mass is 278 g/mol. The van der Waals surface area contributed by atoms with Crippen molar-refractivity contribution >= 4 is 23.4 Å². The molecule has 7 heteroatoms. The fourth-order valence-electron chi connectivity index (χ4n) is 2.06. The molecular formula is C13H18N4O3. The van der Waals surface area contributed by atoms with E-state index in [2.05, 4.69) is 10.3 Å². The van der Waals surface area contributed by atoms with Crippen LogP contribution in [0.1, 0.15) is 23.7 Å². The van der Waals surface area contributed by atoms with Crippen LogP contribution in [0.15, 0.2) is 12.3 Å². The standard InChI is InChI=1S/C13H18N4O3/c1-2-20-13(19)10-7-9(14)8-16-12(10)17-5-3-11(18)15-4-6-17/h7-8H,2-6,14H2,1H3,(H,15,18). The van der Waals surface area contributed by atoms with E-state index in [0.29, 0.717) is 43.1 Å². The molecule has 0 spiro atoms. The fraction of sp³-hybridized carbons (Fsp3) is 0.462. The lowest BCUT2D eigenvalue weighted by Crippen LogP contribution is -2.30. The maximum absolute atomic E-state index is 12.0. The van der Waals surface area contributed by atoms with Crippen molar-refractivity contribution in [1.82, 2.24) is 10.3 Å². The SMILES string of the molecule is CCOC(=O)c1cc(N)cnc1N1CCNC(=O)CC1. The van der Waals surface area contributed by atoms with E-state index >= 15 is 0 Å². The molecule has 0 bridgehead atoms. The van der Waals surface area contributed by atoms with Gasteiger partial charge in [0.1, 0.15) is 11.4 Å². The number of aromatic nitrogens is 1. The molecule has 1 amide bonds. The topological polar surface area (TPSA) is 97.6 Å². The maximum Gasteiger partial charge on any atom is 0.341 e. The summed E-state index contributed by atoms with van der Waals surface area (Å²) < 4.78 is 5.02. The molecule has 1 saturated heterocycles. The van der Waals surface area contributed by atoms with Crippen molar-refractivity contribution < 1.29 is 14.3 Å². The van der Waals surface area contributed by atoms with Crippen LogP contribution in [-0.4, -0.2) is 43.1 Å². The molecule has 2 heterocycles. The lowest BCUT2D eigenvalue weighted by Gasteiger charge is -2.22. The summed E-state index contributed by atoms with van der Waals surface area (Å²) in [6.07, 6.45) is 1.87. The molecule has 1 aromatic rings. The summed E-state index contributed by atoms with van der Waals surface area (Å²) in [6, 6.07) is 1.56. The predicted octanol–water partition coefficient (Wildman–Crippen LogP) is 0.167. The predicted molar refractivity (Wildman–Crippen MR) is 74.4 cm³/mol. The summed E-state index contributed by atoms with van der Waals surface area (Å²) in [5, 5.41) is 2.78. The van der Waals surface area contributed by atoms with Crippen LogP contribution in [0.4, 0.5) is 11.5 Å². The average molecular weight is 278 g/mol. The number of anilines is 2. The van der Waals surface area contributed by atoms with Gasteiger partial charge < -0.3 is 20.7 Å². The molecule has 0 unspecified atom stereocenters. The highest BCUT2D eigenvalue weighted by Crippen LogP contribution is 2.21. The second kappa shape index (κ2) is 6.23. The molecule has 20 heavy (non-hydrogen) atoms. The molecule has 7 nitrogen and oxygen atoms in total. The Kier molecular flexibility index (Phi) is 4.39. The van der Waals surface area contributed by atoms with Gasteiger partial charge in [-0.25, -0.2) is 9.78 Å². The molecule has 0 aliphatic carbocycles. The third kappa shape index (κ3) is 3.17. The molecule has 2 rings (SSSR count). The van der Waals surface area contributed by atoms with Crippen molar-refractivity contribution in [1.29, 1.82) is 0 Å². The van der Waals surface area contributed by atoms with Crippen LogP contribution in [0.5, 0.6) is 0 Å². The highest BCUT2D eigenvalue weighted by atomic mass is 16.5.